The Morgan fingerprint density at radius 1 is 1.10 bits per heavy atom. The van der Waals surface area contributed by atoms with Crippen molar-refractivity contribution in [1.29, 1.82) is 0 Å². The predicted molar refractivity (Wildman–Crippen MR) is 123 cm³/mol. The Labute approximate surface area is 182 Å². The van der Waals surface area contributed by atoms with Crippen LogP contribution in [0.25, 0.3) is 10.9 Å². The Hall–Kier alpha value is -3.03. The summed E-state index contributed by atoms with van der Waals surface area (Å²) in [6.45, 7) is 7.76. The van der Waals surface area contributed by atoms with Crippen molar-refractivity contribution in [3.05, 3.63) is 70.3 Å². The maximum absolute atomic E-state index is 12.5. The highest BCUT2D eigenvalue weighted by Gasteiger charge is 2.25. The number of aryl methyl sites for hydroxylation is 1. The van der Waals surface area contributed by atoms with Gasteiger partial charge in [-0.05, 0) is 37.1 Å². The number of benzene rings is 2. The molecule has 7 heteroatoms. The molecule has 0 spiro atoms. The third-order valence-corrected chi connectivity index (χ3v) is 6.02. The first kappa shape index (κ1) is 21.2. The van der Waals surface area contributed by atoms with Gasteiger partial charge in [0.25, 0.3) is 5.56 Å². The summed E-state index contributed by atoms with van der Waals surface area (Å²) < 4.78 is 0. The number of nitrogens with one attached hydrogen (secondary N) is 2. The van der Waals surface area contributed by atoms with E-state index in [1.807, 2.05) is 42.5 Å². The van der Waals surface area contributed by atoms with Crippen LogP contribution in [0.4, 0.5) is 5.69 Å². The molecule has 1 saturated heterocycles. The van der Waals surface area contributed by atoms with Gasteiger partial charge >= 0.3 is 0 Å². The average molecular weight is 420 g/mol. The summed E-state index contributed by atoms with van der Waals surface area (Å²) in [7, 11) is 0. The second-order valence-electron chi connectivity index (χ2n) is 8.02. The van der Waals surface area contributed by atoms with Crippen LogP contribution in [-0.4, -0.2) is 58.4 Å². The van der Waals surface area contributed by atoms with Gasteiger partial charge in [-0.1, -0.05) is 37.3 Å². The second kappa shape index (κ2) is 9.41. The Balaban J connectivity index is 1.34. The van der Waals surface area contributed by atoms with E-state index in [9.17, 15) is 9.59 Å². The quantitative estimate of drug-likeness (QED) is 0.642. The van der Waals surface area contributed by atoms with E-state index in [0.717, 1.165) is 49.4 Å². The van der Waals surface area contributed by atoms with Crippen LogP contribution >= 0.6 is 0 Å². The average Bonchev–Trinajstić information content (AvgIpc) is 2.79. The normalized spacial score (nSPS) is 16.3. The molecule has 0 aliphatic carbocycles. The zero-order valence-electron chi connectivity index (χ0n) is 18.1. The second-order valence-corrected chi connectivity index (χ2v) is 8.02. The molecule has 2 N–H and O–H groups in total. The zero-order valence-corrected chi connectivity index (χ0v) is 18.1. The van der Waals surface area contributed by atoms with Crippen molar-refractivity contribution in [2.75, 3.05) is 38.0 Å². The Morgan fingerprint density at radius 2 is 1.81 bits per heavy atom. The van der Waals surface area contributed by atoms with E-state index in [1.54, 1.807) is 6.07 Å². The molecular weight excluding hydrogens is 390 g/mol. The Kier molecular flexibility index (Phi) is 6.44. The van der Waals surface area contributed by atoms with Gasteiger partial charge in [0.2, 0.25) is 5.91 Å². The molecule has 3 aromatic rings. The summed E-state index contributed by atoms with van der Waals surface area (Å²) in [5, 5.41) is 3.66. The van der Waals surface area contributed by atoms with E-state index in [1.165, 1.54) is 0 Å². The molecule has 1 amide bonds. The minimum absolute atomic E-state index is 0.00436. The van der Waals surface area contributed by atoms with Crippen molar-refractivity contribution in [1.82, 2.24) is 19.8 Å². The van der Waals surface area contributed by atoms with Gasteiger partial charge in [0.15, 0.2) is 0 Å². The lowest BCUT2D eigenvalue weighted by molar-refractivity contribution is -0.117. The molecule has 1 aliphatic heterocycles. The molecule has 7 nitrogen and oxygen atoms in total. The van der Waals surface area contributed by atoms with Crippen molar-refractivity contribution >= 4 is 22.5 Å². The van der Waals surface area contributed by atoms with Crippen molar-refractivity contribution in [3.8, 4) is 0 Å². The zero-order chi connectivity index (χ0) is 21.8. The summed E-state index contributed by atoms with van der Waals surface area (Å²) in [5.74, 6) is 0.703. The molecule has 0 radical (unpaired) electrons. The smallest absolute Gasteiger partial charge is 0.258 e. The molecule has 1 atom stereocenters. The number of amides is 1. The molecule has 1 aliphatic rings. The minimum Gasteiger partial charge on any atom is -0.325 e. The number of carbonyl (C=O) groups excluding carboxylic acids is 1. The molecule has 0 bridgehead atoms. The molecule has 31 heavy (non-hydrogen) atoms. The molecule has 1 aromatic heterocycles. The number of aromatic nitrogens is 2. The molecule has 2 heterocycles. The van der Waals surface area contributed by atoms with Gasteiger partial charge in [-0.2, -0.15) is 0 Å². The fourth-order valence-electron chi connectivity index (χ4n) is 4.13. The van der Waals surface area contributed by atoms with Crippen LogP contribution in [0.2, 0.25) is 0 Å². The fourth-order valence-corrected chi connectivity index (χ4v) is 4.13. The van der Waals surface area contributed by atoms with Crippen LogP contribution in [0.5, 0.6) is 0 Å². The monoisotopic (exact) mass is 419 g/mol. The lowest BCUT2D eigenvalue weighted by Gasteiger charge is -2.37. The van der Waals surface area contributed by atoms with E-state index in [0.29, 0.717) is 17.8 Å². The number of aromatic amines is 1. The van der Waals surface area contributed by atoms with Crippen molar-refractivity contribution < 1.29 is 4.79 Å². The highest BCUT2D eigenvalue weighted by Crippen LogP contribution is 2.20. The Bertz CT molecular complexity index is 1120. The molecule has 4 rings (SSSR count). The summed E-state index contributed by atoms with van der Waals surface area (Å²) in [4.78, 5) is 37.0. The molecule has 162 valence electrons. The number of anilines is 1. The maximum atomic E-state index is 12.5. The summed E-state index contributed by atoms with van der Waals surface area (Å²) in [6, 6.07) is 15.3. The van der Waals surface area contributed by atoms with Crippen LogP contribution in [0, 0.1) is 0 Å². The van der Waals surface area contributed by atoms with Gasteiger partial charge in [-0.3, -0.25) is 19.4 Å². The number of para-hydroxylation sites is 2. The maximum Gasteiger partial charge on any atom is 0.258 e. The molecular formula is C24H29N5O2. The molecule has 2 aromatic carbocycles. The topological polar surface area (TPSA) is 81.3 Å². The van der Waals surface area contributed by atoms with E-state index < -0.39 is 0 Å². The van der Waals surface area contributed by atoms with Crippen LogP contribution in [0.1, 0.15) is 31.3 Å². The fraction of sp³-hybridized carbons (Fsp3) is 0.375. The number of hydrogen-bond donors (Lipinski definition) is 2. The Morgan fingerprint density at radius 3 is 2.58 bits per heavy atom. The van der Waals surface area contributed by atoms with Gasteiger partial charge < -0.3 is 10.3 Å². The summed E-state index contributed by atoms with van der Waals surface area (Å²) >= 11 is 0. The number of rotatable bonds is 6. The number of carbonyl (C=O) groups is 1. The van der Waals surface area contributed by atoms with Gasteiger partial charge in [-0.25, -0.2) is 4.98 Å². The molecule has 1 unspecified atom stereocenters. The highest BCUT2D eigenvalue weighted by molar-refractivity contribution is 5.93. The van der Waals surface area contributed by atoms with Gasteiger partial charge in [-0.15, -0.1) is 0 Å². The van der Waals surface area contributed by atoms with Gasteiger partial charge in [0.05, 0.1) is 23.5 Å². The highest BCUT2D eigenvalue weighted by atomic mass is 16.2. The van der Waals surface area contributed by atoms with Crippen molar-refractivity contribution in [3.63, 3.8) is 0 Å². The predicted octanol–water partition coefficient (Wildman–Crippen LogP) is 2.80. The third kappa shape index (κ3) is 4.84. The summed E-state index contributed by atoms with van der Waals surface area (Å²) in [5.41, 5.74) is 2.66. The first-order chi connectivity index (χ1) is 15.0. The number of H-pyrrole nitrogens is 1. The van der Waals surface area contributed by atoms with Crippen LogP contribution in [0.15, 0.2) is 53.3 Å². The molecule has 1 fully saturated rings. The summed E-state index contributed by atoms with van der Waals surface area (Å²) in [6.07, 6.45) is 0.887. The first-order valence-corrected chi connectivity index (χ1v) is 10.9. The third-order valence-electron chi connectivity index (χ3n) is 6.02. The van der Waals surface area contributed by atoms with E-state index in [-0.39, 0.29) is 17.5 Å². The largest absolute Gasteiger partial charge is 0.325 e. The van der Waals surface area contributed by atoms with E-state index in [2.05, 4.69) is 38.9 Å². The number of fused-ring (bicyclic) bond motifs is 1. The van der Waals surface area contributed by atoms with Crippen LogP contribution in [0.3, 0.4) is 0 Å². The van der Waals surface area contributed by atoms with E-state index >= 15 is 0 Å². The number of hydrogen-bond acceptors (Lipinski definition) is 5. The van der Waals surface area contributed by atoms with E-state index in [4.69, 9.17) is 0 Å². The lowest BCUT2D eigenvalue weighted by atomic mass is 10.1. The number of nitrogens with zero attached hydrogens (tertiary/aromatic N) is 3. The van der Waals surface area contributed by atoms with Gasteiger partial charge in [0, 0.05) is 31.9 Å². The lowest BCUT2D eigenvalue weighted by Crippen LogP contribution is -2.49. The van der Waals surface area contributed by atoms with Crippen LogP contribution in [-0.2, 0) is 11.2 Å². The number of piperazine rings is 1. The van der Waals surface area contributed by atoms with Crippen LogP contribution < -0.4 is 10.9 Å². The van der Waals surface area contributed by atoms with Crippen molar-refractivity contribution in [2.24, 2.45) is 0 Å². The SMILES string of the molecule is CCc1ccccc1NC(=O)CN1CCN(C(C)c2nc3ccccc3c(=O)[nH]2)CC1. The standard InChI is InChI=1S/C24H29N5O2/c1-3-18-8-4-6-10-20(18)25-22(30)16-28-12-14-29(15-13-28)17(2)23-26-21-11-7-5-9-19(21)24(31)27-23/h4-11,17H,3,12-16H2,1-2H3,(H,25,30)(H,26,27,31). The first-order valence-electron chi connectivity index (χ1n) is 10.9. The molecule has 0 saturated carbocycles. The van der Waals surface area contributed by atoms with Gasteiger partial charge in [0.1, 0.15) is 5.82 Å². The minimum atomic E-state index is -0.102. The van der Waals surface area contributed by atoms with Crippen molar-refractivity contribution in [2.45, 2.75) is 26.3 Å².